The van der Waals surface area contributed by atoms with E-state index in [0.29, 0.717) is 35.9 Å². The summed E-state index contributed by atoms with van der Waals surface area (Å²) in [4.78, 5) is 11.9. The Balaban J connectivity index is 2.30. The van der Waals surface area contributed by atoms with Gasteiger partial charge in [-0.15, -0.1) is 12.8 Å². The van der Waals surface area contributed by atoms with Crippen LogP contribution >= 0.6 is 0 Å². The van der Waals surface area contributed by atoms with Gasteiger partial charge in [-0.05, 0) is 36.2 Å². The van der Waals surface area contributed by atoms with E-state index in [1.165, 1.54) is 0 Å². The molecule has 0 radical (unpaired) electrons. The van der Waals surface area contributed by atoms with Crippen molar-refractivity contribution in [1.29, 1.82) is 0 Å². The monoisotopic (exact) mass is 336 g/mol. The molecular weight excluding hydrogens is 316 g/mol. The van der Waals surface area contributed by atoms with Crippen molar-refractivity contribution in [2.75, 3.05) is 6.61 Å². The topological polar surface area (TPSA) is 59.7 Å². The number of hydrogen-bond acceptors (Lipinski definition) is 3. The molecule has 0 saturated heterocycles. The highest BCUT2D eigenvalue weighted by molar-refractivity contribution is 5.78. The second kappa shape index (κ2) is 8.66. The Labute approximate surface area is 147 Å². The number of benzene rings is 1. The zero-order valence-corrected chi connectivity index (χ0v) is 14.1. The van der Waals surface area contributed by atoms with Gasteiger partial charge in [0.25, 0.3) is 0 Å². The molecular formula is C21H20O4. The van der Waals surface area contributed by atoms with Gasteiger partial charge in [0.15, 0.2) is 0 Å². The van der Waals surface area contributed by atoms with Gasteiger partial charge < -0.3 is 14.3 Å². The van der Waals surface area contributed by atoms with Crippen molar-refractivity contribution < 1.29 is 19.1 Å². The van der Waals surface area contributed by atoms with E-state index >= 15 is 0 Å². The van der Waals surface area contributed by atoms with Crippen molar-refractivity contribution >= 4 is 5.97 Å². The van der Waals surface area contributed by atoms with Gasteiger partial charge >= 0.3 is 5.97 Å². The number of rotatable bonds is 8. The van der Waals surface area contributed by atoms with Crippen LogP contribution in [0.5, 0.6) is 5.75 Å². The molecule has 0 spiro atoms. The first-order valence-electron chi connectivity index (χ1n) is 8.04. The lowest BCUT2D eigenvalue weighted by atomic mass is 9.85. The number of furan rings is 1. The van der Waals surface area contributed by atoms with E-state index in [1.54, 1.807) is 36.4 Å². The largest absolute Gasteiger partial charge is 0.494 e. The number of terminal acetylenes is 2. The molecule has 2 unspecified atom stereocenters. The lowest BCUT2D eigenvalue weighted by molar-refractivity contribution is -0.139. The number of carboxylic acids is 1. The lowest BCUT2D eigenvalue weighted by Crippen LogP contribution is -2.19. The maximum atomic E-state index is 11.9. The highest BCUT2D eigenvalue weighted by Crippen LogP contribution is 2.34. The molecule has 4 nitrogen and oxygen atoms in total. The highest BCUT2D eigenvalue weighted by atomic mass is 16.5. The molecule has 4 heteroatoms. The Bertz CT molecular complexity index is 787. The Morgan fingerprint density at radius 1 is 1.24 bits per heavy atom. The molecule has 2 aromatic rings. The van der Waals surface area contributed by atoms with Gasteiger partial charge in [0.1, 0.15) is 23.2 Å². The summed E-state index contributed by atoms with van der Waals surface area (Å²) in [6, 6.07) is 10.4. The van der Waals surface area contributed by atoms with Gasteiger partial charge in [-0.2, -0.15) is 0 Å². The van der Waals surface area contributed by atoms with Crippen molar-refractivity contribution in [2.45, 2.75) is 31.6 Å². The van der Waals surface area contributed by atoms with Crippen molar-refractivity contribution in [1.82, 2.24) is 0 Å². The van der Waals surface area contributed by atoms with Crippen LogP contribution in [0, 0.1) is 24.7 Å². The molecule has 1 aromatic carbocycles. The average molecular weight is 336 g/mol. The van der Waals surface area contributed by atoms with Crippen LogP contribution in [-0.2, 0) is 11.2 Å². The molecule has 1 N–H and O–H groups in total. The molecule has 0 aliphatic heterocycles. The third kappa shape index (κ3) is 4.46. The number of ether oxygens (including phenoxy) is 1. The molecule has 0 aliphatic carbocycles. The molecule has 25 heavy (non-hydrogen) atoms. The smallest absolute Gasteiger partial charge is 0.312 e. The fraction of sp³-hybridized carbons (Fsp3) is 0.286. The summed E-state index contributed by atoms with van der Waals surface area (Å²) in [5, 5.41) is 9.71. The average Bonchev–Trinajstić information content (AvgIpc) is 3.06. The van der Waals surface area contributed by atoms with Crippen molar-refractivity contribution in [2.24, 2.45) is 0 Å². The van der Waals surface area contributed by atoms with Crippen LogP contribution in [0.15, 0.2) is 40.8 Å². The van der Waals surface area contributed by atoms with Gasteiger partial charge in [-0.3, -0.25) is 4.79 Å². The Morgan fingerprint density at radius 2 is 1.96 bits per heavy atom. The van der Waals surface area contributed by atoms with E-state index in [2.05, 4.69) is 11.8 Å². The number of hydrogen-bond donors (Lipinski definition) is 1. The van der Waals surface area contributed by atoms with E-state index in [1.807, 2.05) is 6.92 Å². The minimum Gasteiger partial charge on any atom is -0.494 e. The van der Waals surface area contributed by atoms with Gasteiger partial charge in [0.05, 0.1) is 18.9 Å². The Hall–Kier alpha value is -3.11. The van der Waals surface area contributed by atoms with E-state index in [0.717, 1.165) is 6.42 Å². The normalized spacial score (nSPS) is 12.6. The van der Waals surface area contributed by atoms with Gasteiger partial charge in [-0.25, -0.2) is 0 Å². The molecule has 2 rings (SSSR count). The third-order valence-corrected chi connectivity index (χ3v) is 3.76. The molecule has 0 saturated carbocycles. The summed E-state index contributed by atoms with van der Waals surface area (Å²) in [6.45, 7) is 2.63. The van der Waals surface area contributed by atoms with Crippen LogP contribution in [0.2, 0.25) is 0 Å². The quantitative estimate of drug-likeness (QED) is 0.744. The van der Waals surface area contributed by atoms with Crippen LogP contribution in [0.4, 0.5) is 0 Å². The summed E-state index contributed by atoms with van der Waals surface area (Å²) >= 11 is 0. The fourth-order valence-corrected chi connectivity index (χ4v) is 2.57. The SMILES string of the molecule is C#CCc1ccc(C(C#C)C(C(=O)O)c2ccc(OCCC)cc2)o1. The van der Waals surface area contributed by atoms with E-state index in [4.69, 9.17) is 22.0 Å². The second-order valence-corrected chi connectivity index (χ2v) is 5.56. The molecule has 1 heterocycles. The van der Waals surface area contributed by atoms with Crippen LogP contribution in [0.1, 0.15) is 42.3 Å². The summed E-state index contributed by atoms with van der Waals surface area (Å²) in [5.41, 5.74) is 0.592. The van der Waals surface area contributed by atoms with E-state index < -0.39 is 17.8 Å². The van der Waals surface area contributed by atoms with E-state index in [9.17, 15) is 9.90 Å². The minimum absolute atomic E-state index is 0.332. The standard InChI is InChI=1S/C21H20O4/c1-4-7-17-12-13-19(25-17)18(6-3)20(21(22)23)15-8-10-16(11-9-15)24-14-5-2/h1,3,8-13,18,20H,5,7,14H2,2H3,(H,22,23). The van der Waals surface area contributed by atoms with Crippen molar-refractivity contribution in [3.8, 4) is 30.4 Å². The third-order valence-electron chi connectivity index (χ3n) is 3.76. The van der Waals surface area contributed by atoms with Crippen molar-refractivity contribution in [3.63, 3.8) is 0 Å². The van der Waals surface area contributed by atoms with Crippen molar-refractivity contribution in [3.05, 3.63) is 53.5 Å². The number of aliphatic carboxylic acids is 1. The molecule has 0 aliphatic rings. The Kier molecular flexibility index (Phi) is 6.32. The predicted molar refractivity (Wildman–Crippen MR) is 95.4 cm³/mol. The molecule has 2 atom stereocenters. The van der Waals surface area contributed by atoms with E-state index in [-0.39, 0.29) is 0 Å². The maximum Gasteiger partial charge on any atom is 0.312 e. The van der Waals surface area contributed by atoms with Crippen LogP contribution in [0.25, 0.3) is 0 Å². The minimum atomic E-state index is -1.01. The summed E-state index contributed by atoms with van der Waals surface area (Å²) in [6.07, 6.45) is 12.1. The number of carbonyl (C=O) groups is 1. The lowest BCUT2D eigenvalue weighted by Gasteiger charge is -2.18. The highest BCUT2D eigenvalue weighted by Gasteiger charge is 2.32. The Morgan fingerprint density at radius 3 is 2.52 bits per heavy atom. The van der Waals surface area contributed by atoms with Gasteiger partial charge in [0, 0.05) is 0 Å². The predicted octanol–water partition coefficient (Wildman–Crippen LogP) is 3.83. The molecule has 128 valence electrons. The maximum absolute atomic E-state index is 11.9. The summed E-state index contributed by atoms with van der Waals surface area (Å²) in [5.74, 6) is 4.07. The van der Waals surface area contributed by atoms with Gasteiger partial charge in [0.2, 0.25) is 0 Å². The second-order valence-electron chi connectivity index (χ2n) is 5.56. The molecule has 0 amide bonds. The van der Waals surface area contributed by atoms with Crippen LogP contribution in [0.3, 0.4) is 0 Å². The van der Waals surface area contributed by atoms with Crippen LogP contribution < -0.4 is 4.74 Å². The molecule has 1 aromatic heterocycles. The summed E-state index contributed by atoms with van der Waals surface area (Å²) in [7, 11) is 0. The first-order valence-corrected chi connectivity index (χ1v) is 8.04. The molecule has 0 bridgehead atoms. The zero-order chi connectivity index (χ0) is 18.2. The zero-order valence-electron chi connectivity index (χ0n) is 14.1. The van der Waals surface area contributed by atoms with Crippen LogP contribution in [-0.4, -0.2) is 17.7 Å². The fourth-order valence-electron chi connectivity index (χ4n) is 2.57. The van der Waals surface area contributed by atoms with Gasteiger partial charge in [-0.1, -0.05) is 30.9 Å². The molecule has 0 fully saturated rings. The number of carboxylic acid groups (broad SMARTS) is 1. The first-order chi connectivity index (χ1) is 12.1. The first kappa shape index (κ1) is 18.2. The summed E-state index contributed by atoms with van der Waals surface area (Å²) < 4.78 is 11.2.